The predicted molar refractivity (Wildman–Crippen MR) is 123 cm³/mol. The third-order valence-electron chi connectivity index (χ3n) is 5.83. The maximum Gasteiger partial charge on any atom is 0.417 e. The van der Waals surface area contributed by atoms with Crippen molar-refractivity contribution in [1.29, 1.82) is 5.41 Å². The first-order valence-corrected chi connectivity index (χ1v) is 11.0. The molecule has 6 nitrogen and oxygen atoms in total. The zero-order chi connectivity index (χ0) is 26.7. The number of hydrogen-bond acceptors (Lipinski definition) is 5. The zero-order valence-electron chi connectivity index (χ0n) is 19.5. The fraction of sp³-hybridized carbons (Fsp3) is 0.375. The molecule has 0 bridgehead atoms. The first-order valence-electron chi connectivity index (χ1n) is 11.0. The summed E-state index contributed by atoms with van der Waals surface area (Å²) in [6.45, 7) is 0.501. The molecule has 3 rings (SSSR count). The smallest absolute Gasteiger partial charge is 0.393 e. The van der Waals surface area contributed by atoms with E-state index in [0.717, 1.165) is 23.1 Å². The highest BCUT2D eigenvalue weighted by molar-refractivity contribution is 6.54. The highest BCUT2D eigenvalue weighted by Gasteiger charge is 2.46. The van der Waals surface area contributed by atoms with Gasteiger partial charge in [-0.1, -0.05) is 19.1 Å². The van der Waals surface area contributed by atoms with Crippen LogP contribution < -0.4 is 10.6 Å². The van der Waals surface area contributed by atoms with Crippen molar-refractivity contribution in [1.82, 2.24) is 15.2 Å². The fourth-order valence-electron chi connectivity index (χ4n) is 4.11. The number of hydrogen-bond donors (Lipinski definition) is 3. The summed E-state index contributed by atoms with van der Waals surface area (Å²) in [4.78, 5) is 17.9. The second kappa shape index (κ2) is 10.6. The summed E-state index contributed by atoms with van der Waals surface area (Å²) in [5.41, 5.74) is -1.33. The number of rotatable bonds is 7. The molecule has 3 N–H and O–H groups in total. The van der Waals surface area contributed by atoms with Crippen LogP contribution in [0.3, 0.4) is 0 Å². The van der Waals surface area contributed by atoms with Gasteiger partial charge < -0.3 is 15.5 Å². The van der Waals surface area contributed by atoms with Gasteiger partial charge in [-0.3, -0.25) is 10.2 Å². The lowest BCUT2D eigenvalue weighted by atomic mass is 9.87. The molecular formula is C24H25F6N5O. The van der Waals surface area contributed by atoms with Crippen molar-refractivity contribution < 1.29 is 31.1 Å². The normalized spacial score (nSPS) is 20.1. The molecule has 1 aromatic carbocycles. The SMILES string of the molecule is CN/C=C(\C(=N)C(=O)N1CC(F)(F)CC(C)[C@H]1CNc1ccc(C(F)(F)F)cn1)c1cccc(F)c1. The van der Waals surface area contributed by atoms with E-state index in [0.29, 0.717) is 6.20 Å². The van der Waals surface area contributed by atoms with Gasteiger partial charge in [0.2, 0.25) is 0 Å². The van der Waals surface area contributed by atoms with Gasteiger partial charge in [0, 0.05) is 38.0 Å². The Morgan fingerprint density at radius 3 is 2.58 bits per heavy atom. The first kappa shape index (κ1) is 27.0. The second-order valence-corrected chi connectivity index (χ2v) is 8.58. The molecule has 2 heterocycles. The van der Waals surface area contributed by atoms with E-state index in [2.05, 4.69) is 15.6 Å². The number of carbonyl (C=O) groups is 1. The highest BCUT2D eigenvalue weighted by Crippen LogP contribution is 2.35. The van der Waals surface area contributed by atoms with Crippen molar-refractivity contribution in [2.75, 3.05) is 25.5 Å². The lowest BCUT2D eigenvalue weighted by molar-refractivity contribution is -0.145. The molecule has 0 aliphatic carbocycles. The van der Waals surface area contributed by atoms with Gasteiger partial charge in [-0.25, -0.2) is 18.2 Å². The number of pyridine rings is 1. The van der Waals surface area contributed by atoms with Crippen molar-refractivity contribution in [3.8, 4) is 0 Å². The van der Waals surface area contributed by atoms with E-state index in [1.54, 1.807) is 0 Å². The number of likely N-dealkylation sites (tertiary alicyclic amines) is 1. The summed E-state index contributed by atoms with van der Waals surface area (Å²) in [7, 11) is 1.51. The maximum atomic E-state index is 14.5. The van der Waals surface area contributed by atoms with Crippen LogP contribution in [0.1, 0.15) is 24.5 Å². The van der Waals surface area contributed by atoms with Gasteiger partial charge >= 0.3 is 6.18 Å². The molecule has 36 heavy (non-hydrogen) atoms. The van der Waals surface area contributed by atoms with Crippen molar-refractivity contribution in [3.05, 3.63) is 65.7 Å². The van der Waals surface area contributed by atoms with Crippen LogP contribution in [0, 0.1) is 17.1 Å². The van der Waals surface area contributed by atoms with Gasteiger partial charge in [0.1, 0.15) is 17.3 Å². The minimum absolute atomic E-state index is 0.0136. The third-order valence-corrected chi connectivity index (χ3v) is 5.83. The van der Waals surface area contributed by atoms with Gasteiger partial charge in [0.05, 0.1) is 18.2 Å². The van der Waals surface area contributed by atoms with Crippen LogP contribution in [-0.2, 0) is 11.0 Å². The molecule has 1 saturated heterocycles. The van der Waals surface area contributed by atoms with Gasteiger partial charge in [-0.05, 0) is 35.7 Å². The van der Waals surface area contributed by atoms with E-state index in [1.165, 1.54) is 38.4 Å². The summed E-state index contributed by atoms with van der Waals surface area (Å²) in [5.74, 6) is -5.42. The lowest BCUT2D eigenvalue weighted by Gasteiger charge is -2.43. The molecule has 0 spiro atoms. The number of alkyl halides is 5. The molecule has 12 heteroatoms. The number of anilines is 1. The predicted octanol–water partition coefficient (Wildman–Crippen LogP) is 4.80. The molecule has 1 fully saturated rings. The van der Waals surface area contributed by atoms with Gasteiger partial charge in [0.15, 0.2) is 0 Å². The van der Waals surface area contributed by atoms with Crippen molar-refractivity contribution in [2.45, 2.75) is 31.5 Å². The molecule has 1 amide bonds. The molecule has 1 unspecified atom stereocenters. The highest BCUT2D eigenvalue weighted by atomic mass is 19.4. The van der Waals surface area contributed by atoms with E-state index < -0.39 is 60.0 Å². The standard InChI is InChI=1S/C24H25F6N5O/c1-14-9-23(26,27)13-35(19(14)12-34-20-7-6-16(10-33-20)24(28,29)30)22(36)21(31)18(11-32-2)15-4-3-5-17(25)8-15/h3-8,10-11,14,19,31-32H,9,12-13H2,1-2H3,(H,33,34)/b18-11-,31-21?/t14?,19-/m1/s1. The van der Waals surface area contributed by atoms with Crippen LogP contribution in [0.25, 0.3) is 5.57 Å². The minimum Gasteiger partial charge on any atom is -0.393 e. The Morgan fingerprint density at radius 2 is 2.00 bits per heavy atom. The quantitative estimate of drug-likeness (QED) is 0.367. The van der Waals surface area contributed by atoms with Crippen molar-refractivity contribution >= 4 is 23.0 Å². The lowest BCUT2D eigenvalue weighted by Crippen LogP contribution is -2.58. The molecule has 194 valence electrons. The molecule has 1 aromatic heterocycles. The average molecular weight is 513 g/mol. The number of benzene rings is 1. The monoisotopic (exact) mass is 513 g/mol. The molecule has 0 saturated carbocycles. The third kappa shape index (κ3) is 6.35. The molecule has 2 aromatic rings. The van der Waals surface area contributed by atoms with Crippen LogP contribution in [-0.4, -0.2) is 53.6 Å². The maximum absolute atomic E-state index is 14.5. The zero-order valence-corrected chi connectivity index (χ0v) is 19.5. The molecular weight excluding hydrogens is 488 g/mol. The number of piperidine rings is 1. The van der Waals surface area contributed by atoms with E-state index in [4.69, 9.17) is 5.41 Å². The Balaban J connectivity index is 1.84. The Morgan fingerprint density at radius 1 is 1.28 bits per heavy atom. The number of amides is 1. The molecule has 1 aliphatic rings. The number of nitrogens with one attached hydrogen (secondary N) is 3. The van der Waals surface area contributed by atoms with Crippen LogP contribution in [0.4, 0.5) is 32.2 Å². The van der Waals surface area contributed by atoms with Crippen LogP contribution in [0.5, 0.6) is 0 Å². The number of carbonyl (C=O) groups excluding carboxylic acids is 1. The van der Waals surface area contributed by atoms with E-state index in [-0.39, 0.29) is 23.5 Å². The first-order chi connectivity index (χ1) is 16.8. The second-order valence-electron chi connectivity index (χ2n) is 8.58. The summed E-state index contributed by atoms with van der Waals surface area (Å²) in [6, 6.07) is 6.31. The van der Waals surface area contributed by atoms with Crippen LogP contribution >= 0.6 is 0 Å². The van der Waals surface area contributed by atoms with Crippen molar-refractivity contribution in [3.63, 3.8) is 0 Å². The Bertz CT molecular complexity index is 1130. The van der Waals surface area contributed by atoms with E-state index >= 15 is 0 Å². The Kier molecular flexibility index (Phi) is 7.95. The number of aromatic nitrogens is 1. The van der Waals surface area contributed by atoms with E-state index in [9.17, 15) is 31.1 Å². The fourth-order valence-corrected chi connectivity index (χ4v) is 4.11. The molecule has 0 radical (unpaired) electrons. The number of nitrogens with zero attached hydrogens (tertiary/aromatic N) is 2. The van der Waals surface area contributed by atoms with Gasteiger partial charge in [-0.15, -0.1) is 0 Å². The topological polar surface area (TPSA) is 81.1 Å². The Hall–Kier alpha value is -3.57. The summed E-state index contributed by atoms with van der Waals surface area (Å²) in [5, 5.41) is 13.9. The minimum atomic E-state index is -4.56. The molecule has 1 aliphatic heterocycles. The molecule has 2 atom stereocenters. The van der Waals surface area contributed by atoms with E-state index in [1.807, 2.05) is 0 Å². The van der Waals surface area contributed by atoms with Crippen molar-refractivity contribution in [2.24, 2.45) is 5.92 Å². The Labute approximate surface area is 203 Å². The van der Waals surface area contributed by atoms with Crippen LogP contribution in [0.2, 0.25) is 0 Å². The summed E-state index contributed by atoms with van der Waals surface area (Å²) >= 11 is 0. The summed E-state index contributed by atoms with van der Waals surface area (Å²) in [6.07, 6.45) is -3.12. The summed E-state index contributed by atoms with van der Waals surface area (Å²) < 4.78 is 81.0. The van der Waals surface area contributed by atoms with Gasteiger partial charge in [-0.2, -0.15) is 13.2 Å². The average Bonchev–Trinajstić information content (AvgIpc) is 2.80. The number of halogens is 6. The van der Waals surface area contributed by atoms with Gasteiger partial charge in [0.25, 0.3) is 11.8 Å². The largest absolute Gasteiger partial charge is 0.417 e. The van der Waals surface area contributed by atoms with Crippen LogP contribution in [0.15, 0.2) is 48.8 Å².